The normalized spacial score (nSPS) is 10.3. The van der Waals surface area contributed by atoms with Gasteiger partial charge in [0.2, 0.25) is 17.7 Å². The molecule has 0 aliphatic heterocycles. The molecule has 0 radical (unpaired) electrons. The van der Waals surface area contributed by atoms with Crippen molar-refractivity contribution >= 4 is 23.6 Å². The molecule has 110 valence electrons. The summed E-state index contributed by atoms with van der Waals surface area (Å²) < 4.78 is 44.2. The van der Waals surface area contributed by atoms with Crippen molar-refractivity contribution in [3.8, 4) is 0 Å². The number of esters is 1. The first-order chi connectivity index (χ1) is 9.90. The van der Waals surface area contributed by atoms with Gasteiger partial charge >= 0.3 is 5.97 Å². The SMILES string of the molecule is COC(=O)c1nc(N)nc(Nc2c(F)cc(F)cc2F)n1. The second-order valence-electron chi connectivity index (χ2n) is 3.70. The van der Waals surface area contributed by atoms with Crippen LogP contribution in [0.15, 0.2) is 12.1 Å². The highest BCUT2D eigenvalue weighted by molar-refractivity contribution is 5.85. The van der Waals surface area contributed by atoms with Crippen LogP contribution in [0, 0.1) is 17.5 Å². The number of benzene rings is 1. The standard InChI is InChI=1S/C11H8F3N5O2/c1-21-9(20)8-17-10(15)19-11(18-8)16-7-5(13)2-4(12)3-6(7)14/h2-3H,1H3,(H3,15,16,17,18,19). The molecule has 0 spiro atoms. The Balaban J connectivity index is 2.40. The van der Waals surface area contributed by atoms with E-state index in [1.807, 2.05) is 0 Å². The maximum absolute atomic E-state index is 13.5. The summed E-state index contributed by atoms with van der Waals surface area (Å²) in [5.41, 5.74) is 4.65. The molecule has 3 N–H and O–H groups in total. The maximum Gasteiger partial charge on any atom is 0.376 e. The quantitative estimate of drug-likeness (QED) is 0.826. The molecule has 1 heterocycles. The lowest BCUT2D eigenvalue weighted by atomic mass is 10.3. The van der Waals surface area contributed by atoms with Crippen molar-refractivity contribution in [1.29, 1.82) is 0 Å². The number of nitrogen functional groups attached to an aromatic ring is 1. The molecule has 0 atom stereocenters. The maximum atomic E-state index is 13.5. The Bertz CT molecular complexity index is 687. The minimum atomic E-state index is -1.20. The topological polar surface area (TPSA) is 103 Å². The zero-order chi connectivity index (χ0) is 15.6. The van der Waals surface area contributed by atoms with Gasteiger partial charge < -0.3 is 15.8 Å². The smallest absolute Gasteiger partial charge is 0.376 e. The van der Waals surface area contributed by atoms with Crippen molar-refractivity contribution in [2.75, 3.05) is 18.2 Å². The lowest BCUT2D eigenvalue weighted by Crippen LogP contribution is -2.13. The molecule has 0 unspecified atom stereocenters. The molecule has 7 nitrogen and oxygen atoms in total. The number of nitrogens with zero attached hydrogens (tertiary/aromatic N) is 3. The second-order valence-corrected chi connectivity index (χ2v) is 3.70. The van der Waals surface area contributed by atoms with Crippen LogP contribution in [0.2, 0.25) is 0 Å². The highest BCUT2D eigenvalue weighted by atomic mass is 19.1. The summed E-state index contributed by atoms with van der Waals surface area (Å²) in [4.78, 5) is 21.9. The molecule has 10 heteroatoms. The Hall–Kier alpha value is -2.91. The van der Waals surface area contributed by atoms with Crippen molar-refractivity contribution in [1.82, 2.24) is 15.0 Å². The second kappa shape index (κ2) is 5.61. The fourth-order valence-electron chi connectivity index (χ4n) is 1.40. The molecule has 0 bridgehead atoms. The summed E-state index contributed by atoms with van der Waals surface area (Å²) in [6, 6.07) is 0.939. The number of ether oxygens (including phenoxy) is 1. The van der Waals surface area contributed by atoms with Gasteiger partial charge in [-0.15, -0.1) is 0 Å². The van der Waals surface area contributed by atoms with E-state index in [-0.39, 0.29) is 5.95 Å². The summed E-state index contributed by atoms with van der Waals surface area (Å²) in [5.74, 6) is -5.61. The molecular weight excluding hydrogens is 291 g/mol. The fraction of sp³-hybridized carbons (Fsp3) is 0.0909. The molecule has 1 aromatic carbocycles. The van der Waals surface area contributed by atoms with Crippen molar-refractivity contribution in [3.05, 3.63) is 35.4 Å². The third-order valence-corrected chi connectivity index (χ3v) is 2.26. The predicted molar refractivity (Wildman–Crippen MR) is 65.2 cm³/mol. The van der Waals surface area contributed by atoms with Crippen molar-refractivity contribution in [2.24, 2.45) is 0 Å². The molecule has 0 aliphatic rings. The number of hydrogen-bond donors (Lipinski definition) is 2. The zero-order valence-corrected chi connectivity index (χ0v) is 10.5. The van der Waals surface area contributed by atoms with Crippen molar-refractivity contribution in [2.45, 2.75) is 0 Å². The number of carbonyl (C=O) groups is 1. The van der Waals surface area contributed by atoms with E-state index in [1.54, 1.807) is 0 Å². The predicted octanol–water partition coefficient (Wildman–Crippen LogP) is 1.40. The van der Waals surface area contributed by atoms with Crippen LogP contribution >= 0.6 is 0 Å². The van der Waals surface area contributed by atoms with Gasteiger partial charge in [-0.3, -0.25) is 0 Å². The van der Waals surface area contributed by atoms with E-state index in [2.05, 4.69) is 25.0 Å². The van der Waals surface area contributed by atoms with Crippen LogP contribution in [0.4, 0.5) is 30.8 Å². The van der Waals surface area contributed by atoms with Gasteiger partial charge in [-0.25, -0.2) is 18.0 Å². The largest absolute Gasteiger partial charge is 0.463 e. The monoisotopic (exact) mass is 299 g/mol. The first-order valence-corrected chi connectivity index (χ1v) is 5.42. The van der Waals surface area contributed by atoms with Crippen LogP contribution in [0.25, 0.3) is 0 Å². The molecule has 2 aromatic rings. The summed E-state index contributed by atoms with van der Waals surface area (Å²) in [6.07, 6.45) is 0. The van der Waals surface area contributed by atoms with Gasteiger partial charge in [-0.05, 0) is 0 Å². The van der Waals surface area contributed by atoms with Gasteiger partial charge in [0, 0.05) is 12.1 Å². The summed E-state index contributed by atoms with van der Waals surface area (Å²) in [7, 11) is 1.09. The molecule has 0 amide bonds. The summed E-state index contributed by atoms with van der Waals surface area (Å²) >= 11 is 0. The number of carbonyl (C=O) groups excluding carboxylic acids is 1. The molecule has 2 rings (SSSR count). The number of rotatable bonds is 3. The number of halogens is 3. The van der Waals surface area contributed by atoms with E-state index in [0.717, 1.165) is 7.11 Å². The van der Waals surface area contributed by atoms with Crippen LogP contribution in [0.3, 0.4) is 0 Å². The highest BCUT2D eigenvalue weighted by Crippen LogP contribution is 2.23. The van der Waals surface area contributed by atoms with Gasteiger partial charge in [0.1, 0.15) is 11.5 Å². The van der Waals surface area contributed by atoms with Gasteiger partial charge in [-0.1, -0.05) is 0 Å². The number of anilines is 3. The van der Waals surface area contributed by atoms with E-state index >= 15 is 0 Å². The molecule has 21 heavy (non-hydrogen) atoms. The van der Waals surface area contributed by atoms with Gasteiger partial charge in [0.05, 0.1) is 7.11 Å². The molecule has 1 aromatic heterocycles. The first-order valence-electron chi connectivity index (χ1n) is 5.42. The molecule has 0 saturated heterocycles. The summed E-state index contributed by atoms with van der Waals surface area (Å²) in [5, 5.41) is 2.16. The molecule has 0 aliphatic carbocycles. The average Bonchev–Trinajstić information content (AvgIpc) is 2.41. The van der Waals surface area contributed by atoms with Gasteiger partial charge in [0.25, 0.3) is 0 Å². The molecular formula is C11H8F3N5O2. The Morgan fingerprint density at radius 2 is 1.81 bits per heavy atom. The van der Waals surface area contributed by atoms with Crippen molar-refractivity contribution in [3.63, 3.8) is 0 Å². The van der Waals surface area contributed by atoms with Gasteiger partial charge in [-0.2, -0.15) is 15.0 Å². The Labute approximate surface area is 116 Å². The lowest BCUT2D eigenvalue weighted by molar-refractivity contribution is 0.0586. The first kappa shape index (κ1) is 14.5. The Kier molecular flexibility index (Phi) is 3.87. The number of hydrogen-bond acceptors (Lipinski definition) is 7. The lowest BCUT2D eigenvalue weighted by Gasteiger charge is -2.08. The number of aromatic nitrogens is 3. The zero-order valence-electron chi connectivity index (χ0n) is 10.5. The van der Waals surface area contributed by atoms with Crippen LogP contribution in [0.5, 0.6) is 0 Å². The average molecular weight is 299 g/mol. The highest BCUT2D eigenvalue weighted by Gasteiger charge is 2.16. The van der Waals surface area contributed by atoms with Gasteiger partial charge in [0.15, 0.2) is 11.6 Å². The Morgan fingerprint density at radius 3 is 2.38 bits per heavy atom. The summed E-state index contributed by atoms with van der Waals surface area (Å²) in [6.45, 7) is 0. The van der Waals surface area contributed by atoms with Crippen LogP contribution in [-0.4, -0.2) is 28.0 Å². The minimum Gasteiger partial charge on any atom is -0.463 e. The fourth-order valence-corrected chi connectivity index (χ4v) is 1.40. The van der Waals surface area contributed by atoms with E-state index in [1.165, 1.54) is 0 Å². The number of nitrogens with two attached hydrogens (primary N) is 1. The molecule has 0 fully saturated rings. The molecule has 0 saturated carbocycles. The van der Waals surface area contributed by atoms with E-state index in [9.17, 15) is 18.0 Å². The van der Waals surface area contributed by atoms with E-state index < -0.39 is 40.9 Å². The van der Waals surface area contributed by atoms with Crippen molar-refractivity contribution < 1.29 is 22.7 Å². The van der Waals surface area contributed by atoms with E-state index in [0.29, 0.717) is 12.1 Å². The Morgan fingerprint density at radius 1 is 1.19 bits per heavy atom. The number of methoxy groups -OCH3 is 1. The van der Waals surface area contributed by atoms with Crippen LogP contribution < -0.4 is 11.1 Å². The van der Waals surface area contributed by atoms with E-state index in [4.69, 9.17) is 5.73 Å². The number of nitrogens with one attached hydrogen (secondary N) is 1. The third-order valence-electron chi connectivity index (χ3n) is 2.26. The third kappa shape index (κ3) is 3.16. The minimum absolute atomic E-state index is 0.365. The van der Waals surface area contributed by atoms with Crippen LogP contribution in [-0.2, 0) is 4.74 Å². The van der Waals surface area contributed by atoms with Crippen LogP contribution in [0.1, 0.15) is 10.6 Å².